The van der Waals surface area contributed by atoms with Crippen molar-refractivity contribution < 1.29 is 4.39 Å². The van der Waals surface area contributed by atoms with Gasteiger partial charge in [0.25, 0.3) is 0 Å². The lowest BCUT2D eigenvalue weighted by molar-refractivity contribution is 0.241. The van der Waals surface area contributed by atoms with Crippen LogP contribution in [0.25, 0.3) is 0 Å². The van der Waals surface area contributed by atoms with Crippen molar-refractivity contribution in [2.75, 3.05) is 13.6 Å². The molecule has 0 aliphatic rings. The highest BCUT2D eigenvalue weighted by Crippen LogP contribution is 2.32. The number of hydrogen-bond acceptors (Lipinski definition) is 2. The van der Waals surface area contributed by atoms with E-state index in [1.165, 1.54) is 12.1 Å². The van der Waals surface area contributed by atoms with E-state index in [1.54, 1.807) is 12.1 Å². The van der Waals surface area contributed by atoms with Gasteiger partial charge >= 0.3 is 0 Å². The summed E-state index contributed by atoms with van der Waals surface area (Å²) in [5.41, 5.74) is 7.65. The first-order valence-corrected chi connectivity index (χ1v) is 7.37. The Morgan fingerprint density at radius 3 is 2.57 bits per heavy atom. The van der Waals surface area contributed by atoms with Crippen LogP contribution in [0.2, 0.25) is 10.0 Å². The van der Waals surface area contributed by atoms with E-state index in [1.807, 2.05) is 30.1 Å². The average molecular weight is 327 g/mol. The minimum atomic E-state index is -0.244. The van der Waals surface area contributed by atoms with Gasteiger partial charge in [0.15, 0.2) is 0 Å². The largest absolute Gasteiger partial charge is 0.329 e. The molecule has 0 spiro atoms. The first-order valence-electron chi connectivity index (χ1n) is 6.61. The minimum Gasteiger partial charge on any atom is -0.329 e. The third kappa shape index (κ3) is 3.95. The molecule has 0 heterocycles. The summed E-state index contributed by atoms with van der Waals surface area (Å²) in [5.74, 6) is -0.244. The average Bonchev–Trinajstić information content (AvgIpc) is 2.44. The molecule has 2 aromatic carbocycles. The zero-order chi connectivity index (χ0) is 15.4. The van der Waals surface area contributed by atoms with Crippen molar-refractivity contribution in [1.29, 1.82) is 0 Å². The van der Waals surface area contributed by atoms with Gasteiger partial charge in [-0.15, -0.1) is 0 Å². The van der Waals surface area contributed by atoms with Crippen LogP contribution in [0.1, 0.15) is 17.2 Å². The Balaban J connectivity index is 2.22. The summed E-state index contributed by atoms with van der Waals surface area (Å²) in [7, 11) is 1.93. The van der Waals surface area contributed by atoms with Gasteiger partial charge in [0.2, 0.25) is 0 Å². The van der Waals surface area contributed by atoms with Crippen LogP contribution in [-0.2, 0) is 6.54 Å². The molecule has 2 nitrogen and oxygen atoms in total. The van der Waals surface area contributed by atoms with Crippen molar-refractivity contribution >= 4 is 23.2 Å². The zero-order valence-corrected chi connectivity index (χ0v) is 13.2. The van der Waals surface area contributed by atoms with Crippen LogP contribution in [0.5, 0.6) is 0 Å². The van der Waals surface area contributed by atoms with Gasteiger partial charge in [-0.3, -0.25) is 4.90 Å². The lowest BCUT2D eigenvalue weighted by Gasteiger charge is -2.28. The van der Waals surface area contributed by atoms with Crippen molar-refractivity contribution in [1.82, 2.24) is 4.90 Å². The first kappa shape index (κ1) is 16.2. The topological polar surface area (TPSA) is 29.3 Å². The van der Waals surface area contributed by atoms with E-state index >= 15 is 0 Å². The van der Waals surface area contributed by atoms with Gasteiger partial charge in [0.05, 0.1) is 10.0 Å². The number of nitrogens with two attached hydrogens (primary N) is 1. The van der Waals surface area contributed by atoms with E-state index in [0.29, 0.717) is 23.1 Å². The second kappa shape index (κ2) is 7.23. The molecule has 1 atom stereocenters. The van der Waals surface area contributed by atoms with Gasteiger partial charge in [-0.2, -0.15) is 0 Å². The van der Waals surface area contributed by atoms with Gasteiger partial charge in [0, 0.05) is 19.1 Å². The first-order chi connectivity index (χ1) is 10.0. The Morgan fingerprint density at radius 2 is 1.90 bits per heavy atom. The summed E-state index contributed by atoms with van der Waals surface area (Å²) >= 11 is 12.3. The maximum Gasteiger partial charge on any atom is 0.123 e. The standard InChI is InChI=1S/C16H17Cl2FN2/c1-21(10-11-4-2-5-12(19)8-11)15(9-20)13-6-3-7-14(17)16(13)18/h2-8,15H,9-10,20H2,1H3. The minimum absolute atomic E-state index is 0.0838. The predicted octanol–water partition coefficient (Wildman–Crippen LogP) is 4.26. The Hall–Kier alpha value is -1.13. The highest BCUT2D eigenvalue weighted by atomic mass is 35.5. The maximum absolute atomic E-state index is 13.3. The molecule has 2 rings (SSSR count). The Labute approximate surface area is 134 Å². The van der Waals surface area contributed by atoms with Crippen LogP contribution in [0.4, 0.5) is 4.39 Å². The lowest BCUT2D eigenvalue weighted by atomic mass is 10.0. The monoisotopic (exact) mass is 326 g/mol. The van der Waals surface area contributed by atoms with Crippen molar-refractivity contribution in [2.45, 2.75) is 12.6 Å². The van der Waals surface area contributed by atoms with Crippen LogP contribution in [0, 0.1) is 5.82 Å². The maximum atomic E-state index is 13.3. The smallest absolute Gasteiger partial charge is 0.123 e. The van der Waals surface area contributed by atoms with E-state index in [-0.39, 0.29) is 11.9 Å². The second-order valence-electron chi connectivity index (χ2n) is 4.94. The third-order valence-corrected chi connectivity index (χ3v) is 4.25. The molecule has 21 heavy (non-hydrogen) atoms. The lowest BCUT2D eigenvalue weighted by Crippen LogP contribution is -2.30. The Bertz CT molecular complexity index is 619. The van der Waals surface area contributed by atoms with Crippen LogP contribution >= 0.6 is 23.2 Å². The molecule has 0 aromatic heterocycles. The normalized spacial score (nSPS) is 12.7. The van der Waals surface area contributed by atoms with Gasteiger partial charge in [-0.05, 0) is 36.4 Å². The summed E-state index contributed by atoms with van der Waals surface area (Å²) < 4.78 is 13.3. The number of hydrogen-bond donors (Lipinski definition) is 1. The number of rotatable bonds is 5. The number of halogens is 3. The molecule has 112 valence electrons. The van der Waals surface area contributed by atoms with Gasteiger partial charge in [0.1, 0.15) is 5.82 Å². The van der Waals surface area contributed by atoms with Gasteiger partial charge in [-0.1, -0.05) is 47.5 Å². The number of benzene rings is 2. The molecule has 0 bridgehead atoms. The molecule has 0 saturated heterocycles. The van der Waals surface area contributed by atoms with Gasteiger partial charge in [-0.25, -0.2) is 4.39 Å². The van der Waals surface area contributed by atoms with Crippen molar-refractivity contribution in [3.8, 4) is 0 Å². The number of nitrogens with zero attached hydrogens (tertiary/aromatic N) is 1. The van der Waals surface area contributed by atoms with Crippen LogP contribution in [0.15, 0.2) is 42.5 Å². The SMILES string of the molecule is CN(Cc1cccc(F)c1)C(CN)c1cccc(Cl)c1Cl. The van der Waals surface area contributed by atoms with Crippen molar-refractivity contribution in [3.05, 3.63) is 69.5 Å². The molecule has 1 unspecified atom stereocenters. The van der Waals surface area contributed by atoms with E-state index in [9.17, 15) is 4.39 Å². The van der Waals surface area contributed by atoms with E-state index in [4.69, 9.17) is 28.9 Å². The van der Waals surface area contributed by atoms with Crippen molar-refractivity contribution in [3.63, 3.8) is 0 Å². The van der Waals surface area contributed by atoms with Crippen LogP contribution < -0.4 is 5.73 Å². The molecule has 0 radical (unpaired) electrons. The summed E-state index contributed by atoms with van der Waals surface area (Å²) in [5, 5.41) is 1.02. The summed E-state index contributed by atoms with van der Waals surface area (Å²) in [6.45, 7) is 0.967. The van der Waals surface area contributed by atoms with E-state index in [0.717, 1.165) is 11.1 Å². The third-order valence-electron chi connectivity index (χ3n) is 3.42. The predicted molar refractivity (Wildman–Crippen MR) is 86.1 cm³/mol. The fraction of sp³-hybridized carbons (Fsp3) is 0.250. The molecule has 2 N–H and O–H groups in total. The second-order valence-corrected chi connectivity index (χ2v) is 5.72. The Kier molecular flexibility index (Phi) is 5.59. The summed E-state index contributed by atoms with van der Waals surface area (Å²) in [6, 6.07) is 11.9. The molecule has 5 heteroatoms. The summed E-state index contributed by atoms with van der Waals surface area (Å²) in [4.78, 5) is 2.03. The number of likely N-dealkylation sites (N-methyl/N-ethyl adjacent to an activating group) is 1. The fourth-order valence-electron chi connectivity index (χ4n) is 2.36. The van der Waals surface area contributed by atoms with E-state index in [2.05, 4.69) is 0 Å². The molecule has 0 amide bonds. The van der Waals surface area contributed by atoms with Crippen LogP contribution in [0.3, 0.4) is 0 Å². The highest BCUT2D eigenvalue weighted by molar-refractivity contribution is 6.42. The quantitative estimate of drug-likeness (QED) is 0.889. The molecule has 2 aromatic rings. The Morgan fingerprint density at radius 1 is 1.19 bits per heavy atom. The zero-order valence-electron chi connectivity index (χ0n) is 11.7. The summed E-state index contributed by atoms with van der Waals surface area (Å²) in [6.07, 6.45) is 0. The molecule has 0 aliphatic heterocycles. The van der Waals surface area contributed by atoms with E-state index < -0.39 is 0 Å². The molecule has 0 fully saturated rings. The van der Waals surface area contributed by atoms with Crippen molar-refractivity contribution in [2.24, 2.45) is 5.73 Å². The molecular weight excluding hydrogens is 310 g/mol. The van der Waals surface area contributed by atoms with Crippen LogP contribution in [-0.4, -0.2) is 18.5 Å². The van der Waals surface area contributed by atoms with Gasteiger partial charge < -0.3 is 5.73 Å². The fourth-order valence-corrected chi connectivity index (χ4v) is 2.79. The molecular formula is C16H17Cl2FN2. The molecule has 0 aliphatic carbocycles. The molecule has 0 saturated carbocycles. The highest BCUT2D eigenvalue weighted by Gasteiger charge is 2.19.